The number of urea groups is 1. The third-order valence-corrected chi connectivity index (χ3v) is 5.04. The van der Waals surface area contributed by atoms with Gasteiger partial charge in [0.05, 0.1) is 6.54 Å². The molecule has 3 aromatic carbocycles. The van der Waals surface area contributed by atoms with Gasteiger partial charge in [0.25, 0.3) is 11.5 Å². The van der Waals surface area contributed by atoms with E-state index in [9.17, 15) is 14.4 Å². The number of aryl methyl sites for hydroxylation is 1. The molecule has 0 atom stereocenters. The van der Waals surface area contributed by atoms with Crippen molar-refractivity contribution in [2.75, 3.05) is 5.32 Å². The molecule has 1 aromatic heterocycles. The first-order chi connectivity index (χ1) is 15.5. The molecule has 0 unspecified atom stereocenters. The van der Waals surface area contributed by atoms with Gasteiger partial charge in [-0.05, 0) is 47.5 Å². The van der Waals surface area contributed by atoms with E-state index in [0.29, 0.717) is 12.1 Å². The number of nitrogens with one attached hydrogen (secondary N) is 3. The monoisotopic (exact) mass is 426 g/mol. The van der Waals surface area contributed by atoms with Crippen LogP contribution in [0.2, 0.25) is 0 Å². The van der Waals surface area contributed by atoms with Gasteiger partial charge in [-0.25, -0.2) is 10.2 Å². The van der Waals surface area contributed by atoms with Gasteiger partial charge in [-0.15, -0.1) is 0 Å². The number of carbonyl (C=O) groups excluding carboxylic acids is 2. The van der Waals surface area contributed by atoms with Crippen LogP contribution in [0.3, 0.4) is 0 Å². The zero-order valence-electron chi connectivity index (χ0n) is 17.5. The molecule has 0 aliphatic carbocycles. The van der Waals surface area contributed by atoms with E-state index in [4.69, 9.17) is 0 Å². The Balaban J connectivity index is 1.38. The molecular weight excluding hydrogens is 404 g/mol. The van der Waals surface area contributed by atoms with Crippen LogP contribution < -0.4 is 21.7 Å². The number of anilines is 1. The van der Waals surface area contributed by atoms with Gasteiger partial charge in [0.2, 0.25) is 0 Å². The number of aromatic nitrogens is 1. The average Bonchev–Trinajstić information content (AvgIpc) is 2.81. The predicted molar refractivity (Wildman–Crippen MR) is 125 cm³/mol. The van der Waals surface area contributed by atoms with Crippen LogP contribution in [0, 0.1) is 6.92 Å². The lowest BCUT2D eigenvalue weighted by Gasteiger charge is -2.11. The molecule has 7 nitrogen and oxygen atoms in total. The lowest BCUT2D eigenvalue weighted by Crippen LogP contribution is -2.44. The van der Waals surface area contributed by atoms with Gasteiger partial charge >= 0.3 is 6.03 Å². The quantitative estimate of drug-likeness (QED) is 0.433. The fourth-order valence-electron chi connectivity index (χ4n) is 3.32. The van der Waals surface area contributed by atoms with Crippen LogP contribution in [-0.4, -0.2) is 16.5 Å². The number of amides is 3. The number of carbonyl (C=O) groups is 2. The summed E-state index contributed by atoms with van der Waals surface area (Å²) in [6.45, 7) is 2.38. The number of hydrogen-bond acceptors (Lipinski definition) is 3. The van der Waals surface area contributed by atoms with E-state index in [1.807, 2.05) is 61.5 Å². The SMILES string of the molecule is Cc1ccc(Cn2cccc(NC(=O)NNC(=O)c3ccc4ccccc4c3)c2=O)cc1. The lowest BCUT2D eigenvalue weighted by molar-refractivity contribution is 0.0938. The molecule has 4 rings (SSSR count). The molecule has 3 N–H and O–H groups in total. The first kappa shape index (κ1) is 20.9. The first-order valence-corrected chi connectivity index (χ1v) is 10.1. The summed E-state index contributed by atoms with van der Waals surface area (Å²) in [5.74, 6) is -0.462. The number of hydrogen-bond donors (Lipinski definition) is 3. The zero-order chi connectivity index (χ0) is 22.5. The molecule has 4 aromatic rings. The number of hydrazine groups is 1. The molecule has 7 heteroatoms. The molecule has 0 saturated heterocycles. The molecule has 0 aliphatic heterocycles. The van der Waals surface area contributed by atoms with Crippen molar-refractivity contribution >= 4 is 28.4 Å². The van der Waals surface area contributed by atoms with Crippen LogP contribution in [0.5, 0.6) is 0 Å². The van der Waals surface area contributed by atoms with E-state index < -0.39 is 11.9 Å². The molecule has 0 bridgehead atoms. The Hall–Kier alpha value is -4.39. The van der Waals surface area contributed by atoms with Crippen LogP contribution in [0.4, 0.5) is 10.5 Å². The van der Waals surface area contributed by atoms with Crippen molar-refractivity contribution in [1.82, 2.24) is 15.4 Å². The second kappa shape index (κ2) is 9.18. The Morgan fingerprint density at radius 2 is 1.59 bits per heavy atom. The van der Waals surface area contributed by atoms with Crippen molar-refractivity contribution in [2.45, 2.75) is 13.5 Å². The van der Waals surface area contributed by atoms with E-state index in [0.717, 1.165) is 21.9 Å². The molecule has 3 amide bonds. The maximum absolute atomic E-state index is 12.7. The fraction of sp³-hybridized carbons (Fsp3) is 0.0800. The zero-order valence-corrected chi connectivity index (χ0v) is 17.5. The second-order valence-corrected chi connectivity index (χ2v) is 7.44. The summed E-state index contributed by atoms with van der Waals surface area (Å²) >= 11 is 0. The number of nitrogens with zero attached hydrogens (tertiary/aromatic N) is 1. The molecule has 1 heterocycles. The topological polar surface area (TPSA) is 92.2 Å². The molecule has 160 valence electrons. The fourth-order valence-corrected chi connectivity index (χ4v) is 3.32. The molecule has 0 spiro atoms. The molecule has 0 aliphatic rings. The van der Waals surface area contributed by atoms with Crippen molar-refractivity contribution in [3.05, 3.63) is 112 Å². The van der Waals surface area contributed by atoms with Gasteiger partial charge in [-0.1, -0.05) is 60.2 Å². The van der Waals surface area contributed by atoms with Crippen LogP contribution in [0.15, 0.2) is 89.9 Å². The molecular formula is C25H22N4O3. The third-order valence-electron chi connectivity index (χ3n) is 5.04. The Morgan fingerprint density at radius 3 is 2.38 bits per heavy atom. The molecule has 32 heavy (non-hydrogen) atoms. The molecule has 0 saturated carbocycles. The van der Waals surface area contributed by atoms with Gasteiger partial charge in [0.1, 0.15) is 5.69 Å². The van der Waals surface area contributed by atoms with Crippen molar-refractivity contribution in [2.24, 2.45) is 0 Å². The standard InChI is InChI=1S/C25H22N4O3/c1-17-8-10-18(11-9-17)16-29-14-4-7-22(24(29)31)26-25(32)28-27-23(30)21-13-12-19-5-2-3-6-20(19)15-21/h2-15H,16H2,1H3,(H,27,30)(H2,26,28,32). The third kappa shape index (κ3) is 4.84. The van der Waals surface area contributed by atoms with E-state index in [1.165, 1.54) is 10.6 Å². The predicted octanol–water partition coefficient (Wildman–Crippen LogP) is 3.82. The van der Waals surface area contributed by atoms with E-state index in [1.54, 1.807) is 24.4 Å². The van der Waals surface area contributed by atoms with Gasteiger partial charge in [0.15, 0.2) is 0 Å². The molecule has 0 radical (unpaired) electrons. The number of benzene rings is 3. The first-order valence-electron chi connectivity index (χ1n) is 10.1. The summed E-state index contributed by atoms with van der Waals surface area (Å²) in [5, 5.41) is 4.42. The van der Waals surface area contributed by atoms with Gasteiger partial charge in [-0.2, -0.15) is 0 Å². The highest BCUT2D eigenvalue weighted by Crippen LogP contribution is 2.15. The van der Waals surface area contributed by atoms with Crippen LogP contribution >= 0.6 is 0 Å². The Kier molecular flexibility index (Phi) is 5.98. The number of pyridine rings is 1. The van der Waals surface area contributed by atoms with Crippen LogP contribution in [-0.2, 0) is 6.54 Å². The van der Waals surface area contributed by atoms with Crippen LogP contribution in [0.25, 0.3) is 10.8 Å². The van der Waals surface area contributed by atoms with Gasteiger partial charge in [0, 0.05) is 11.8 Å². The summed E-state index contributed by atoms with van der Waals surface area (Å²) in [5.41, 5.74) is 6.92. The summed E-state index contributed by atoms with van der Waals surface area (Å²) in [6, 6.07) is 23.3. The van der Waals surface area contributed by atoms with E-state index in [-0.39, 0.29) is 11.2 Å². The maximum Gasteiger partial charge on any atom is 0.338 e. The number of fused-ring (bicyclic) bond motifs is 1. The minimum Gasteiger partial charge on any atom is -0.309 e. The Morgan fingerprint density at radius 1 is 0.844 bits per heavy atom. The van der Waals surface area contributed by atoms with E-state index in [2.05, 4.69) is 16.2 Å². The van der Waals surface area contributed by atoms with Gasteiger partial charge in [-0.3, -0.25) is 15.0 Å². The number of rotatable bonds is 4. The van der Waals surface area contributed by atoms with Crippen molar-refractivity contribution in [3.8, 4) is 0 Å². The summed E-state index contributed by atoms with van der Waals surface area (Å²) < 4.78 is 1.51. The highest BCUT2D eigenvalue weighted by Gasteiger charge is 2.11. The maximum atomic E-state index is 12.7. The summed E-state index contributed by atoms with van der Waals surface area (Å²) in [7, 11) is 0. The van der Waals surface area contributed by atoms with Crippen molar-refractivity contribution < 1.29 is 9.59 Å². The molecule has 0 fully saturated rings. The Labute approximate surface area is 184 Å². The van der Waals surface area contributed by atoms with Crippen LogP contribution in [0.1, 0.15) is 21.5 Å². The van der Waals surface area contributed by atoms with Crippen molar-refractivity contribution in [3.63, 3.8) is 0 Å². The Bertz CT molecular complexity index is 1340. The average molecular weight is 426 g/mol. The normalized spacial score (nSPS) is 10.5. The minimum absolute atomic E-state index is 0.108. The summed E-state index contributed by atoms with van der Waals surface area (Å²) in [6.07, 6.45) is 1.66. The summed E-state index contributed by atoms with van der Waals surface area (Å²) in [4.78, 5) is 37.3. The smallest absolute Gasteiger partial charge is 0.309 e. The highest BCUT2D eigenvalue weighted by atomic mass is 16.2. The largest absolute Gasteiger partial charge is 0.338 e. The highest BCUT2D eigenvalue weighted by molar-refractivity contribution is 6.00. The lowest BCUT2D eigenvalue weighted by atomic mass is 10.1. The second-order valence-electron chi connectivity index (χ2n) is 7.44. The minimum atomic E-state index is -0.718. The van der Waals surface area contributed by atoms with E-state index >= 15 is 0 Å². The van der Waals surface area contributed by atoms with Crippen molar-refractivity contribution in [1.29, 1.82) is 0 Å². The van der Waals surface area contributed by atoms with Gasteiger partial charge < -0.3 is 9.88 Å².